The van der Waals surface area contributed by atoms with Crippen LogP contribution in [0.2, 0.25) is 0 Å². The van der Waals surface area contributed by atoms with Crippen LogP contribution in [0.4, 0.5) is 26.7 Å². The van der Waals surface area contributed by atoms with E-state index >= 15 is 0 Å². The van der Waals surface area contributed by atoms with E-state index in [1.165, 1.54) is 12.5 Å². The number of hydrogen-bond acceptors (Lipinski definition) is 8. The number of ether oxygens (including phenoxy) is 2. The quantitative estimate of drug-likeness (QED) is 0.135. The Balaban J connectivity index is 1.59. The van der Waals surface area contributed by atoms with Crippen molar-refractivity contribution in [3.63, 3.8) is 0 Å². The molecule has 0 saturated carbocycles. The van der Waals surface area contributed by atoms with E-state index < -0.39 is 35.3 Å². The number of aromatic nitrogens is 2. The summed E-state index contributed by atoms with van der Waals surface area (Å²) < 4.78 is 12.8. The number of alkyl carbamates (subject to hydrolysis) is 1. The van der Waals surface area contributed by atoms with E-state index in [9.17, 15) is 24.0 Å². The Bertz CT molecular complexity index is 1630. The molecule has 0 aliphatic carbocycles. The first-order chi connectivity index (χ1) is 23.0. The standard InChI is InChI=1S/C35H45BrN6O7/c1-34(2,3)48-32(46)41-28(20-25-21-42(22-37-25)33(47)49-35(4,5)6)31(45)40-27-16-11-10-15-26(27)39-30(44)18-9-7-8-17-29(43)38-24-14-12-13-23(36)19-24/h10-16,19,21-22,28H,7-9,17-18,20H2,1-6H3,(H,38,43)(H,39,44)(H,40,45)(H,41,46)/t28-/m0/s1. The first-order valence-corrected chi connectivity index (χ1v) is 16.8. The van der Waals surface area contributed by atoms with Crippen molar-refractivity contribution in [3.8, 4) is 0 Å². The second-order valence-corrected chi connectivity index (χ2v) is 14.3. The molecule has 0 fully saturated rings. The van der Waals surface area contributed by atoms with Gasteiger partial charge in [-0.3, -0.25) is 14.4 Å². The van der Waals surface area contributed by atoms with Gasteiger partial charge in [-0.2, -0.15) is 0 Å². The molecule has 49 heavy (non-hydrogen) atoms. The predicted molar refractivity (Wildman–Crippen MR) is 190 cm³/mol. The van der Waals surface area contributed by atoms with Crippen molar-refractivity contribution in [3.05, 3.63) is 71.2 Å². The monoisotopic (exact) mass is 740 g/mol. The highest BCUT2D eigenvalue weighted by Gasteiger charge is 2.27. The van der Waals surface area contributed by atoms with Crippen molar-refractivity contribution in [2.24, 2.45) is 0 Å². The zero-order valence-corrected chi connectivity index (χ0v) is 30.3. The minimum Gasteiger partial charge on any atom is -0.444 e. The van der Waals surface area contributed by atoms with Crippen LogP contribution in [0.3, 0.4) is 0 Å². The Hall–Kier alpha value is -4.72. The maximum atomic E-state index is 13.6. The number of para-hydroxylation sites is 2. The highest BCUT2D eigenvalue weighted by Crippen LogP contribution is 2.23. The normalized spacial score (nSPS) is 12.0. The summed E-state index contributed by atoms with van der Waals surface area (Å²) in [7, 11) is 0. The van der Waals surface area contributed by atoms with Gasteiger partial charge >= 0.3 is 12.2 Å². The largest absolute Gasteiger partial charge is 0.444 e. The molecule has 0 aliphatic heterocycles. The molecule has 1 atom stereocenters. The molecule has 3 rings (SSSR count). The minimum absolute atomic E-state index is 0.0731. The Morgan fingerprint density at radius 1 is 0.796 bits per heavy atom. The maximum Gasteiger partial charge on any atom is 0.419 e. The average molecular weight is 742 g/mol. The van der Waals surface area contributed by atoms with Gasteiger partial charge in [-0.15, -0.1) is 0 Å². The molecule has 0 radical (unpaired) electrons. The zero-order chi connectivity index (χ0) is 36.2. The fourth-order valence-electron chi connectivity index (χ4n) is 4.42. The summed E-state index contributed by atoms with van der Waals surface area (Å²) in [5, 5.41) is 11.1. The van der Waals surface area contributed by atoms with Crippen LogP contribution in [0.1, 0.15) is 79.3 Å². The van der Waals surface area contributed by atoms with Gasteiger partial charge in [0.2, 0.25) is 17.7 Å². The van der Waals surface area contributed by atoms with Gasteiger partial charge in [0.1, 0.15) is 23.6 Å². The van der Waals surface area contributed by atoms with E-state index in [1.807, 2.05) is 24.3 Å². The summed E-state index contributed by atoms with van der Waals surface area (Å²) >= 11 is 3.38. The molecule has 264 valence electrons. The number of rotatable bonds is 13. The van der Waals surface area contributed by atoms with Crippen LogP contribution in [0.25, 0.3) is 0 Å². The van der Waals surface area contributed by atoms with Crippen LogP contribution in [-0.2, 0) is 30.3 Å². The number of amides is 4. The minimum atomic E-state index is -1.15. The number of nitrogens with one attached hydrogen (secondary N) is 4. The number of halogens is 1. The van der Waals surface area contributed by atoms with Crippen LogP contribution >= 0.6 is 15.9 Å². The summed E-state index contributed by atoms with van der Waals surface area (Å²) in [6.07, 6.45) is 3.61. The van der Waals surface area contributed by atoms with Crippen LogP contribution < -0.4 is 21.3 Å². The lowest BCUT2D eigenvalue weighted by atomic mass is 10.1. The van der Waals surface area contributed by atoms with Crippen LogP contribution in [-0.4, -0.2) is 56.7 Å². The topological polar surface area (TPSA) is 170 Å². The van der Waals surface area contributed by atoms with Crippen molar-refractivity contribution in [2.75, 3.05) is 16.0 Å². The molecule has 1 heterocycles. The molecular formula is C35H45BrN6O7. The van der Waals surface area contributed by atoms with Crippen LogP contribution in [0.5, 0.6) is 0 Å². The molecule has 14 heteroatoms. The lowest BCUT2D eigenvalue weighted by molar-refractivity contribution is -0.118. The molecule has 4 N–H and O–H groups in total. The molecule has 0 spiro atoms. The number of hydrogen-bond donors (Lipinski definition) is 4. The fourth-order valence-corrected chi connectivity index (χ4v) is 4.82. The van der Waals surface area contributed by atoms with Crippen molar-refractivity contribution >= 4 is 62.9 Å². The van der Waals surface area contributed by atoms with E-state index in [-0.39, 0.29) is 24.7 Å². The lowest BCUT2D eigenvalue weighted by Gasteiger charge is -2.23. The maximum absolute atomic E-state index is 13.6. The van der Waals surface area contributed by atoms with Crippen molar-refractivity contribution < 1.29 is 33.4 Å². The first kappa shape index (κ1) is 38.7. The molecule has 0 unspecified atom stereocenters. The van der Waals surface area contributed by atoms with Gasteiger partial charge in [-0.05, 0) is 84.7 Å². The fraction of sp³-hybridized carbons (Fsp3) is 0.429. The van der Waals surface area contributed by atoms with Gasteiger partial charge < -0.3 is 30.7 Å². The van der Waals surface area contributed by atoms with E-state index in [4.69, 9.17) is 9.47 Å². The molecule has 4 amide bonds. The third kappa shape index (κ3) is 14.5. The van der Waals surface area contributed by atoms with Gasteiger partial charge in [0, 0.05) is 35.6 Å². The number of nitrogens with zero attached hydrogens (tertiary/aromatic N) is 2. The molecule has 2 aromatic carbocycles. The number of unbranched alkanes of at least 4 members (excludes halogenated alkanes) is 2. The Kier molecular flexibility index (Phi) is 13.9. The molecule has 13 nitrogen and oxygen atoms in total. The van der Waals surface area contributed by atoms with Crippen molar-refractivity contribution in [1.29, 1.82) is 0 Å². The average Bonchev–Trinajstić information content (AvgIpc) is 3.45. The van der Waals surface area contributed by atoms with E-state index in [0.29, 0.717) is 48.4 Å². The highest BCUT2D eigenvalue weighted by molar-refractivity contribution is 9.10. The SMILES string of the molecule is CC(C)(C)OC(=O)N[C@@H](Cc1cn(C(=O)OC(C)(C)C)cn1)C(=O)Nc1ccccc1NC(=O)CCCCCC(=O)Nc1cccc(Br)c1. The van der Waals surface area contributed by atoms with Crippen molar-refractivity contribution in [1.82, 2.24) is 14.9 Å². The summed E-state index contributed by atoms with van der Waals surface area (Å²) in [5.74, 6) is -0.944. The third-order valence-corrected chi connectivity index (χ3v) is 7.03. The van der Waals surface area contributed by atoms with Crippen LogP contribution in [0.15, 0.2) is 65.5 Å². The highest BCUT2D eigenvalue weighted by atomic mass is 79.9. The second kappa shape index (κ2) is 17.6. The van der Waals surface area contributed by atoms with E-state index in [0.717, 1.165) is 9.04 Å². The van der Waals surface area contributed by atoms with Gasteiger partial charge in [0.25, 0.3) is 0 Å². The summed E-state index contributed by atoms with van der Waals surface area (Å²) in [6, 6.07) is 12.9. The smallest absolute Gasteiger partial charge is 0.419 e. The Labute approximate surface area is 295 Å². The number of carbonyl (C=O) groups excluding carboxylic acids is 5. The molecule has 0 saturated heterocycles. The van der Waals surface area contributed by atoms with Gasteiger partial charge in [-0.1, -0.05) is 40.5 Å². The number of benzene rings is 2. The predicted octanol–water partition coefficient (Wildman–Crippen LogP) is 7.03. The van der Waals surface area contributed by atoms with Gasteiger partial charge in [0.05, 0.1) is 17.1 Å². The summed E-state index contributed by atoms with van der Waals surface area (Å²) in [4.78, 5) is 68.0. The van der Waals surface area contributed by atoms with E-state index in [2.05, 4.69) is 42.2 Å². The molecular weight excluding hydrogens is 696 g/mol. The van der Waals surface area contributed by atoms with Gasteiger partial charge in [-0.25, -0.2) is 19.1 Å². The third-order valence-electron chi connectivity index (χ3n) is 6.54. The van der Waals surface area contributed by atoms with Crippen LogP contribution in [0, 0.1) is 0 Å². The van der Waals surface area contributed by atoms with E-state index in [1.54, 1.807) is 65.8 Å². The first-order valence-electron chi connectivity index (χ1n) is 16.0. The van der Waals surface area contributed by atoms with Crippen molar-refractivity contribution in [2.45, 2.75) is 97.3 Å². The zero-order valence-electron chi connectivity index (χ0n) is 28.7. The number of carbonyl (C=O) groups is 5. The lowest BCUT2D eigenvalue weighted by Crippen LogP contribution is -2.47. The number of imidazole rings is 1. The summed E-state index contributed by atoms with van der Waals surface area (Å²) in [5.41, 5.74) is 0.218. The Morgan fingerprint density at radius 2 is 1.41 bits per heavy atom. The molecule has 1 aromatic heterocycles. The van der Waals surface area contributed by atoms with Gasteiger partial charge in [0.15, 0.2) is 0 Å². The molecule has 0 bridgehead atoms. The number of anilines is 3. The summed E-state index contributed by atoms with van der Waals surface area (Å²) in [6.45, 7) is 10.3. The molecule has 0 aliphatic rings. The molecule has 3 aromatic rings. The second-order valence-electron chi connectivity index (χ2n) is 13.4. The Morgan fingerprint density at radius 3 is 2.02 bits per heavy atom.